The van der Waals surface area contributed by atoms with Crippen LogP contribution in [0.2, 0.25) is 0 Å². The minimum atomic E-state index is -4.52. The van der Waals surface area contributed by atoms with E-state index in [0.717, 1.165) is 17.7 Å². The fraction of sp³-hybridized carbons (Fsp3) is 0.300. The maximum absolute atomic E-state index is 13.0. The Morgan fingerprint density at radius 1 is 1.25 bits per heavy atom. The molecule has 2 aromatic carbocycles. The van der Waals surface area contributed by atoms with Crippen LogP contribution in [0.5, 0.6) is 5.75 Å². The molecule has 0 bridgehead atoms. The summed E-state index contributed by atoms with van der Waals surface area (Å²) >= 11 is 1.27. The number of hydrogen-bond donors (Lipinski definition) is 1. The quantitative estimate of drug-likeness (QED) is 0.649. The van der Waals surface area contributed by atoms with Crippen molar-refractivity contribution in [1.82, 2.24) is 0 Å². The minimum Gasteiger partial charge on any atom is -0.491 e. The Kier molecular flexibility index (Phi) is 7.76. The molecule has 0 fully saturated rings. The summed E-state index contributed by atoms with van der Waals surface area (Å²) in [6.07, 6.45) is -3.83. The van der Waals surface area contributed by atoms with Crippen LogP contribution in [0.1, 0.15) is 30.0 Å². The predicted octanol–water partition coefficient (Wildman–Crippen LogP) is 5.24. The van der Waals surface area contributed by atoms with Gasteiger partial charge < -0.3 is 10.1 Å². The number of hydrogen-bond acceptors (Lipinski definition) is 4. The highest BCUT2D eigenvalue weighted by Gasteiger charge is 2.31. The lowest BCUT2D eigenvalue weighted by Crippen LogP contribution is -2.16. The molecule has 0 saturated carbocycles. The first-order chi connectivity index (χ1) is 13.3. The number of carbonyl (C=O) groups is 1. The topological polar surface area (TPSA) is 62.1 Å². The van der Waals surface area contributed by atoms with Crippen molar-refractivity contribution in [3.63, 3.8) is 0 Å². The van der Waals surface area contributed by atoms with E-state index in [2.05, 4.69) is 11.4 Å². The third-order valence-electron chi connectivity index (χ3n) is 3.67. The lowest BCUT2D eigenvalue weighted by atomic mass is 10.1. The third-order valence-corrected chi connectivity index (χ3v) is 4.65. The molecule has 0 radical (unpaired) electrons. The van der Waals surface area contributed by atoms with Gasteiger partial charge in [0.05, 0.1) is 35.2 Å². The standard InChI is InChI=1S/C20H19F3N2O2S/c1-2-9-27-18-8-7-16(20(21,22)23)10-17(18)25-19(26)13-28-12-15-6-4-3-5-14(15)11-24/h3-8,10H,2,9,12-13H2,1H3,(H,25,26). The normalized spacial score (nSPS) is 11.0. The average molecular weight is 408 g/mol. The van der Waals surface area contributed by atoms with Gasteiger partial charge in [0, 0.05) is 5.75 Å². The van der Waals surface area contributed by atoms with E-state index in [1.54, 1.807) is 24.3 Å². The molecule has 2 rings (SSSR count). The minimum absolute atomic E-state index is 0.00806. The zero-order chi connectivity index (χ0) is 20.6. The number of nitriles is 1. The fourth-order valence-electron chi connectivity index (χ4n) is 2.34. The molecular weight excluding hydrogens is 389 g/mol. The van der Waals surface area contributed by atoms with Crippen molar-refractivity contribution in [1.29, 1.82) is 5.26 Å². The molecule has 0 atom stereocenters. The van der Waals surface area contributed by atoms with Gasteiger partial charge in [-0.15, -0.1) is 11.8 Å². The molecule has 0 unspecified atom stereocenters. The number of amides is 1. The molecule has 0 aliphatic heterocycles. The van der Waals surface area contributed by atoms with Crippen LogP contribution >= 0.6 is 11.8 Å². The molecule has 0 heterocycles. The van der Waals surface area contributed by atoms with E-state index in [1.165, 1.54) is 17.8 Å². The number of benzene rings is 2. The van der Waals surface area contributed by atoms with Crippen molar-refractivity contribution in [3.05, 3.63) is 59.2 Å². The van der Waals surface area contributed by atoms with Crippen molar-refractivity contribution < 1.29 is 22.7 Å². The van der Waals surface area contributed by atoms with Crippen LogP contribution in [0, 0.1) is 11.3 Å². The number of anilines is 1. The van der Waals surface area contributed by atoms with E-state index in [4.69, 9.17) is 10.00 Å². The molecule has 8 heteroatoms. The molecule has 0 spiro atoms. The summed E-state index contributed by atoms with van der Waals surface area (Å²) in [4.78, 5) is 12.2. The molecule has 2 aromatic rings. The lowest BCUT2D eigenvalue weighted by molar-refractivity contribution is -0.137. The summed E-state index contributed by atoms with van der Waals surface area (Å²) in [5.41, 5.74) is 0.464. The summed E-state index contributed by atoms with van der Waals surface area (Å²) in [7, 11) is 0. The van der Waals surface area contributed by atoms with Gasteiger partial charge in [0.25, 0.3) is 0 Å². The molecule has 4 nitrogen and oxygen atoms in total. The third kappa shape index (κ3) is 6.20. The van der Waals surface area contributed by atoms with Crippen molar-refractivity contribution in [2.45, 2.75) is 25.3 Å². The second kappa shape index (κ2) is 10.0. The summed E-state index contributed by atoms with van der Waals surface area (Å²) < 4.78 is 44.3. The van der Waals surface area contributed by atoms with Crippen LogP contribution in [0.25, 0.3) is 0 Å². The molecule has 0 saturated heterocycles. The highest BCUT2D eigenvalue weighted by molar-refractivity contribution is 7.99. The highest BCUT2D eigenvalue weighted by atomic mass is 32.2. The van der Waals surface area contributed by atoms with Crippen LogP contribution in [0.4, 0.5) is 18.9 Å². The second-order valence-electron chi connectivity index (χ2n) is 5.87. The van der Waals surface area contributed by atoms with Gasteiger partial charge in [-0.3, -0.25) is 4.79 Å². The van der Waals surface area contributed by atoms with E-state index in [9.17, 15) is 18.0 Å². The van der Waals surface area contributed by atoms with Crippen molar-refractivity contribution in [2.24, 2.45) is 0 Å². The summed E-state index contributed by atoms with van der Waals surface area (Å²) in [6.45, 7) is 2.20. The number of rotatable bonds is 8. The largest absolute Gasteiger partial charge is 0.491 e. The van der Waals surface area contributed by atoms with Gasteiger partial charge in [0.1, 0.15) is 5.75 Å². The van der Waals surface area contributed by atoms with Gasteiger partial charge in [-0.2, -0.15) is 18.4 Å². The zero-order valence-corrected chi connectivity index (χ0v) is 16.0. The molecule has 28 heavy (non-hydrogen) atoms. The Bertz CT molecular complexity index is 863. The van der Waals surface area contributed by atoms with Crippen molar-refractivity contribution in [3.8, 4) is 11.8 Å². The lowest BCUT2D eigenvalue weighted by Gasteiger charge is -2.15. The van der Waals surface area contributed by atoms with Gasteiger partial charge in [-0.25, -0.2) is 0 Å². The van der Waals surface area contributed by atoms with Gasteiger partial charge >= 0.3 is 6.18 Å². The number of thioether (sulfide) groups is 1. The van der Waals surface area contributed by atoms with E-state index in [-0.39, 0.29) is 17.2 Å². The first-order valence-electron chi connectivity index (χ1n) is 8.54. The summed E-state index contributed by atoms with van der Waals surface area (Å²) in [6, 6.07) is 12.1. The van der Waals surface area contributed by atoms with E-state index in [0.29, 0.717) is 24.3 Å². The Morgan fingerprint density at radius 2 is 2.00 bits per heavy atom. The highest BCUT2D eigenvalue weighted by Crippen LogP contribution is 2.35. The summed E-state index contributed by atoms with van der Waals surface area (Å²) in [5.74, 6) is 0.227. The van der Waals surface area contributed by atoms with Crippen LogP contribution < -0.4 is 10.1 Å². The SMILES string of the molecule is CCCOc1ccc(C(F)(F)F)cc1NC(=O)CSCc1ccccc1C#N. The van der Waals surface area contributed by atoms with Crippen LogP contribution in [-0.2, 0) is 16.7 Å². The smallest absolute Gasteiger partial charge is 0.416 e. The molecule has 148 valence electrons. The monoisotopic (exact) mass is 408 g/mol. The van der Waals surface area contributed by atoms with Gasteiger partial charge in [-0.05, 0) is 36.2 Å². The van der Waals surface area contributed by atoms with Crippen molar-refractivity contribution >= 4 is 23.4 Å². The molecule has 0 aliphatic rings. The Morgan fingerprint density at radius 3 is 2.68 bits per heavy atom. The van der Waals surface area contributed by atoms with E-state index < -0.39 is 17.6 Å². The summed E-state index contributed by atoms with van der Waals surface area (Å²) in [5, 5.41) is 11.6. The zero-order valence-electron chi connectivity index (χ0n) is 15.2. The molecule has 1 amide bonds. The van der Waals surface area contributed by atoms with Crippen LogP contribution in [0.15, 0.2) is 42.5 Å². The number of alkyl halides is 3. The van der Waals surface area contributed by atoms with Crippen LogP contribution in [0.3, 0.4) is 0 Å². The number of nitrogens with zero attached hydrogens (tertiary/aromatic N) is 1. The molecule has 1 N–H and O–H groups in total. The van der Waals surface area contributed by atoms with Crippen molar-refractivity contribution in [2.75, 3.05) is 17.7 Å². The second-order valence-corrected chi connectivity index (χ2v) is 6.85. The fourth-order valence-corrected chi connectivity index (χ4v) is 3.17. The number of halogens is 3. The number of nitrogens with one attached hydrogen (secondary N) is 1. The predicted molar refractivity (Wildman–Crippen MR) is 103 cm³/mol. The molecule has 0 aliphatic carbocycles. The Labute approximate surface area is 165 Å². The van der Waals surface area contributed by atoms with Gasteiger partial charge in [0.15, 0.2) is 0 Å². The number of carbonyl (C=O) groups excluding carboxylic acids is 1. The molecular formula is C20H19F3N2O2S. The number of ether oxygens (including phenoxy) is 1. The van der Waals surface area contributed by atoms with E-state index in [1.807, 2.05) is 6.92 Å². The maximum Gasteiger partial charge on any atom is 0.416 e. The molecule has 0 aromatic heterocycles. The van der Waals surface area contributed by atoms with Gasteiger partial charge in [0.2, 0.25) is 5.91 Å². The average Bonchev–Trinajstić information content (AvgIpc) is 2.66. The Hall–Kier alpha value is -2.66. The first kappa shape index (κ1) is 21.6. The van der Waals surface area contributed by atoms with Gasteiger partial charge in [-0.1, -0.05) is 25.1 Å². The maximum atomic E-state index is 13.0. The van der Waals surface area contributed by atoms with Crippen LogP contribution in [-0.4, -0.2) is 18.3 Å². The first-order valence-corrected chi connectivity index (χ1v) is 9.70. The van der Waals surface area contributed by atoms with E-state index >= 15 is 0 Å². The Balaban J connectivity index is 2.04.